The van der Waals surface area contributed by atoms with Crippen molar-refractivity contribution in [1.29, 1.82) is 0 Å². The Morgan fingerprint density at radius 2 is 2.17 bits per heavy atom. The molecule has 1 unspecified atom stereocenters. The molecule has 0 bridgehead atoms. The molecule has 6 nitrogen and oxygen atoms in total. The number of aliphatic hydroxyl groups is 1. The highest BCUT2D eigenvalue weighted by Gasteiger charge is 2.22. The molecule has 0 spiro atoms. The maximum Gasteiger partial charge on any atom is 0.252 e. The number of rotatable bonds is 6. The van der Waals surface area contributed by atoms with Gasteiger partial charge in [0, 0.05) is 25.2 Å². The molecule has 0 aromatic carbocycles. The average Bonchev–Trinajstić information content (AvgIpc) is 2.77. The zero-order chi connectivity index (χ0) is 17.2. The highest BCUT2D eigenvalue weighted by atomic mass is 16.3. The molecule has 0 aliphatic rings. The van der Waals surface area contributed by atoms with Gasteiger partial charge in [-0.3, -0.25) is 9.48 Å². The summed E-state index contributed by atoms with van der Waals surface area (Å²) in [5.74, 6) is 0.296. The molecule has 23 heavy (non-hydrogen) atoms. The number of amides is 1. The van der Waals surface area contributed by atoms with Crippen molar-refractivity contribution in [1.82, 2.24) is 20.1 Å². The number of hydrogen-bond acceptors (Lipinski definition) is 4. The Balaban J connectivity index is 2.05. The van der Waals surface area contributed by atoms with Gasteiger partial charge in [-0.15, -0.1) is 0 Å². The standard InChI is InChI=1S/C17H26N4O2/c1-11(2)6-7-17(4,23)10-19-16(22)13-8-14-12(3)20-21(5)15(14)18-9-13/h8-9,11,23H,6-7,10H2,1-5H3,(H,19,22). The van der Waals surface area contributed by atoms with Gasteiger partial charge >= 0.3 is 0 Å². The maximum absolute atomic E-state index is 12.3. The van der Waals surface area contributed by atoms with Gasteiger partial charge in [-0.2, -0.15) is 5.10 Å². The van der Waals surface area contributed by atoms with Crippen LogP contribution in [0.1, 0.15) is 49.7 Å². The zero-order valence-corrected chi connectivity index (χ0v) is 14.6. The van der Waals surface area contributed by atoms with Crippen LogP contribution >= 0.6 is 0 Å². The lowest BCUT2D eigenvalue weighted by atomic mass is 9.95. The lowest BCUT2D eigenvalue weighted by molar-refractivity contribution is 0.0429. The highest BCUT2D eigenvalue weighted by Crippen LogP contribution is 2.18. The number of aromatic nitrogens is 3. The zero-order valence-electron chi connectivity index (χ0n) is 14.6. The van der Waals surface area contributed by atoms with Crippen molar-refractivity contribution in [3.05, 3.63) is 23.5 Å². The van der Waals surface area contributed by atoms with Crippen LogP contribution < -0.4 is 5.32 Å². The van der Waals surface area contributed by atoms with Gasteiger partial charge in [0.25, 0.3) is 5.91 Å². The van der Waals surface area contributed by atoms with Crippen LogP contribution in [0.5, 0.6) is 0 Å². The SMILES string of the molecule is Cc1nn(C)c2ncc(C(=O)NCC(C)(O)CCC(C)C)cc12. The van der Waals surface area contributed by atoms with Gasteiger partial charge in [-0.1, -0.05) is 13.8 Å². The van der Waals surface area contributed by atoms with Crippen molar-refractivity contribution in [3.63, 3.8) is 0 Å². The largest absolute Gasteiger partial charge is 0.388 e. The summed E-state index contributed by atoms with van der Waals surface area (Å²) in [6.45, 7) is 8.10. The predicted octanol–water partition coefficient (Wildman–Crippen LogP) is 2.19. The van der Waals surface area contributed by atoms with Crippen LogP contribution in [0, 0.1) is 12.8 Å². The summed E-state index contributed by atoms with van der Waals surface area (Å²) in [6, 6.07) is 1.79. The van der Waals surface area contributed by atoms with Gasteiger partial charge in [0.2, 0.25) is 0 Å². The smallest absolute Gasteiger partial charge is 0.252 e. The number of nitrogens with one attached hydrogen (secondary N) is 1. The molecule has 0 aliphatic carbocycles. The molecular formula is C17H26N4O2. The Kier molecular flexibility index (Phi) is 5.04. The molecule has 0 saturated heterocycles. The first-order chi connectivity index (χ1) is 10.7. The van der Waals surface area contributed by atoms with Gasteiger partial charge in [-0.05, 0) is 38.7 Å². The second-order valence-electron chi connectivity index (χ2n) is 6.92. The van der Waals surface area contributed by atoms with E-state index >= 15 is 0 Å². The minimum Gasteiger partial charge on any atom is -0.388 e. The number of carbonyl (C=O) groups excluding carboxylic acids is 1. The van der Waals surface area contributed by atoms with E-state index in [-0.39, 0.29) is 12.5 Å². The summed E-state index contributed by atoms with van der Waals surface area (Å²) < 4.78 is 1.70. The molecule has 0 fully saturated rings. The first-order valence-electron chi connectivity index (χ1n) is 7.99. The third kappa shape index (κ3) is 4.28. The van der Waals surface area contributed by atoms with Crippen LogP contribution in [-0.4, -0.2) is 37.9 Å². The van der Waals surface area contributed by atoms with E-state index in [0.29, 0.717) is 17.9 Å². The van der Waals surface area contributed by atoms with Gasteiger partial charge in [-0.25, -0.2) is 4.98 Å². The topological polar surface area (TPSA) is 80.0 Å². The Hall–Kier alpha value is -1.95. The molecule has 0 aliphatic heterocycles. The second-order valence-corrected chi connectivity index (χ2v) is 6.92. The van der Waals surface area contributed by atoms with Crippen molar-refractivity contribution >= 4 is 16.9 Å². The van der Waals surface area contributed by atoms with Gasteiger partial charge < -0.3 is 10.4 Å². The summed E-state index contributed by atoms with van der Waals surface area (Å²) in [5, 5.41) is 18.3. The normalized spacial score (nSPS) is 14.2. The lowest BCUT2D eigenvalue weighted by Crippen LogP contribution is -2.40. The molecule has 1 amide bonds. The minimum absolute atomic E-state index is 0.225. The van der Waals surface area contributed by atoms with Crippen LogP contribution in [0.2, 0.25) is 0 Å². The van der Waals surface area contributed by atoms with E-state index in [0.717, 1.165) is 23.1 Å². The fourth-order valence-corrected chi connectivity index (χ4v) is 2.49. The fraction of sp³-hybridized carbons (Fsp3) is 0.588. The molecule has 1 atom stereocenters. The van der Waals surface area contributed by atoms with Crippen LogP contribution in [0.4, 0.5) is 0 Å². The molecule has 126 valence electrons. The molecule has 0 saturated carbocycles. The van der Waals surface area contributed by atoms with Crippen molar-refractivity contribution in [3.8, 4) is 0 Å². The summed E-state index contributed by atoms with van der Waals surface area (Å²) in [4.78, 5) is 16.6. The van der Waals surface area contributed by atoms with Crippen LogP contribution in [-0.2, 0) is 7.05 Å². The maximum atomic E-state index is 12.3. The predicted molar refractivity (Wildman–Crippen MR) is 90.3 cm³/mol. The van der Waals surface area contributed by atoms with Gasteiger partial charge in [0.15, 0.2) is 5.65 Å². The third-order valence-electron chi connectivity index (χ3n) is 4.02. The average molecular weight is 318 g/mol. The highest BCUT2D eigenvalue weighted by molar-refractivity contribution is 5.97. The van der Waals surface area contributed by atoms with E-state index in [1.807, 2.05) is 14.0 Å². The van der Waals surface area contributed by atoms with E-state index in [9.17, 15) is 9.90 Å². The molecule has 0 radical (unpaired) electrons. The van der Waals surface area contributed by atoms with Crippen LogP contribution in [0.3, 0.4) is 0 Å². The van der Waals surface area contributed by atoms with Crippen molar-refractivity contribution < 1.29 is 9.90 Å². The van der Waals surface area contributed by atoms with E-state index in [1.165, 1.54) is 0 Å². The number of nitrogens with zero attached hydrogens (tertiary/aromatic N) is 3. The molecule has 2 N–H and O–H groups in total. The molecule has 2 aromatic rings. The van der Waals surface area contributed by atoms with Crippen molar-refractivity contribution in [2.75, 3.05) is 6.54 Å². The number of fused-ring (bicyclic) bond motifs is 1. The quantitative estimate of drug-likeness (QED) is 0.855. The van der Waals surface area contributed by atoms with E-state index < -0.39 is 5.60 Å². The van der Waals surface area contributed by atoms with E-state index in [2.05, 4.69) is 29.2 Å². The van der Waals surface area contributed by atoms with Gasteiger partial charge in [0.1, 0.15) is 0 Å². The van der Waals surface area contributed by atoms with Crippen molar-refractivity contribution in [2.45, 2.75) is 46.1 Å². The van der Waals surface area contributed by atoms with Gasteiger partial charge in [0.05, 0.1) is 16.9 Å². The Morgan fingerprint density at radius 3 is 2.83 bits per heavy atom. The first kappa shape index (κ1) is 17.4. The monoisotopic (exact) mass is 318 g/mol. The molecular weight excluding hydrogens is 292 g/mol. The summed E-state index contributed by atoms with van der Waals surface area (Å²) in [6.07, 6.45) is 3.12. The fourth-order valence-electron chi connectivity index (χ4n) is 2.49. The first-order valence-corrected chi connectivity index (χ1v) is 7.99. The Bertz CT molecular complexity index is 704. The minimum atomic E-state index is -0.901. The van der Waals surface area contributed by atoms with E-state index in [4.69, 9.17) is 0 Å². The summed E-state index contributed by atoms with van der Waals surface area (Å²) in [7, 11) is 1.83. The van der Waals surface area contributed by atoms with Crippen molar-refractivity contribution in [2.24, 2.45) is 13.0 Å². The molecule has 2 aromatic heterocycles. The summed E-state index contributed by atoms with van der Waals surface area (Å²) in [5.41, 5.74) is 1.17. The lowest BCUT2D eigenvalue weighted by Gasteiger charge is -2.24. The molecule has 2 heterocycles. The van der Waals surface area contributed by atoms with E-state index in [1.54, 1.807) is 23.9 Å². The van der Waals surface area contributed by atoms with Crippen LogP contribution in [0.15, 0.2) is 12.3 Å². The third-order valence-corrected chi connectivity index (χ3v) is 4.02. The summed E-state index contributed by atoms with van der Waals surface area (Å²) >= 11 is 0. The Labute approximate surface area is 136 Å². The Morgan fingerprint density at radius 1 is 1.48 bits per heavy atom. The second kappa shape index (κ2) is 6.66. The van der Waals surface area contributed by atoms with Crippen LogP contribution in [0.25, 0.3) is 11.0 Å². The number of aryl methyl sites for hydroxylation is 2. The number of carbonyl (C=O) groups is 1. The number of pyridine rings is 1. The molecule has 6 heteroatoms. The number of hydrogen-bond donors (Lipinski definition) is 2. The molecule has 2 rings (SSSR count).